The topological polar surface area (TPSA) is 66.6 Å². The van der Waals surface area contributed by atoms with E-state index < -0.39 is 5.97 Å². The van der Waals surface area contributed by atoms with Gasteiger partial charge in [0.15, 0.2) is 0 Å². The second kappa shape index (κ2) is 5.29. The molecule has 4 heteroatoms. The summed E-state index contributed by atoms with van der Waals surface area (Å²) in [5.41, 5.74) is 7.77. The molecule has 0 aromatic heterocycles. The van der Waals surface area contributed by atoms with Gasteiger partial charge in [-0.15, -0.1) is 0 Å². The molecule has 1 aliphatic rings. The van der Waals surface area contributed by atoms with Gasteiger partial charge in [0, 0.05) is 12.6 Å². The van der Waals surface area contributed by atoms with E-state index in [2.05, 4.69) is 11.8 Å². The standard InChI is InChI=1S/C14H20N2O2/c1-2-16(11-5-3-4-6-11)13-8-7-10(14(17)18)9-12(13)15/h7-9,11H,2-6,15H2,1H3,(H,17,18). The van der Waals surface area contributed by atoms with Crippen molar-refractivity contribution in [2.75, 3.05) is 17.2 Å². The SMILES string of the molecule is CCN(c1ccc(C(=O)O)cc1N)C1CCCC1. The summed E-state index contributed by atoms with van der Waals surface area (Å²) in [6.07, 6.45) is 4.95. The number of aromatic carboxylic acids is 1. The van der Waals surface area contributed by atoms with Crippen LogP contribution in [0.1, 0.15) is 43.0 Å². The van der Waals surface area contributed by atoms with Crippen LogP contribution in [-0.2, 0) is 0 Å². The van der Waals surface area contributed by atoms with Crippen LogP contribution < -0.4 is 10.6 Å². The summed E-state index contributed by atoms with van der Waals surface area (Å²) < 4.78 is 0. The van der Waals surface area contributed by atoms with Gasteiger partial charge in [0.25, 0.3) is 0 Å². The zero-order valence-electron chi connectivity index (χ0n) is 10.7. The third-order valence-electron chi connectivity index (χ3n) is 3.69. The lowest BCUT2D eigenvalue weighted by Gasteiger charge is -2.31. The lowest BCUT2D eigenvalue weighted by Crippen LogP contribution is -2.33. The van der Waals surface area contributed by atoms with Crippen LogP contribution in [0.15, 0.2) is 18.2 Å². The predicted molar refractivity (Wildman–Crippen MR) is 73.1 cm³/mol. The van der Waals surface area contributed by atoms with E-state index in [-0.39, 0.29) is 5.56 Å². The minimum atomic E-state index is -0.933. The monoisotopic (exact) mass is 248 g/mol. The Balaban J connectivity index is 2.27. The number of carbonyl (C=O) groups is 1. The fourth-order valence-electron chi connectivity index (χ4n) is 2.79. The van der Waals surface area contributed by atoms with Crippen LogP contribution in [0.4, 0.5) is 11.4 Å². The van der Waals surface area contributed by atoms with Crippen molar-refractivity contribution in [2.24, 2.45) is 0 Å². The molecule has 0 unspecified atom stereocenters. The molecular weight excluding hydrogens is 228 g/mol. The lowest BCUT2D eigenvalue weighted by molar-refractivity contribution is 0.0697. The third-order valence-corrected chi connectivity index (χ3v) is 3.69. The van der Waals surface area contributed by atoms with Crippen LogP contribution in [0.2, 0.25) is 0 Å². The summed E-state index contributed by atoms with van der Waals surface area (Å²) in [5, 5.41) is 8.94. The summed E-state index contributed by atoms with van der Waals surface area (Å²) in [5.74, 6) is -0.933. The molecule has 98 valence electrons. The first kappa shape index (κ1) is 12.7. The number of anilines is 2. The van der Waals surface area contributed by atoms with Gasteiger partial charge in [-0.05, 0) is 38.0 Å². The molecule has 18 heavy (non-hydrogen) atoms. The van der Waals surface area contributed by atoms with Crippen molar-refractivity contribution < 1.29 is 9.90 Å². The molecule has 3 N–H and O–H groups in total. The molecule has 0 bridgehead atoms. The highest BCUT2D eigenvalue weighted by Gasteiger charge is 2.23. The van der Waals surface area contributed by atoms with E-state index in [1.54, 1.807) is 12.1 Å². The van der Waals surface area contributed by atoms with E-state index in [0.717, 1.165) is 12.2 Å². The molecule has 1 aromatic rings. The van der Waals surface area contributed by atoms with E-state index >= 15 is 0 Å². The summed E-state index contributed by atoms with van der Waals surface area (Å²) in [7, 11) is 0. The quantitative estimate of drug-likeness (QED) is 0.804. The summed E-state index contributed by atoms with van der Waals surface area (Å²) >= 11 is 0. The highest BCUT2D eigenvalue weighted by molar-refractivity contribution is 5.90. The third kappa shape index (κ3) is 2.42. The zero-order valence-corrected chi connectivity index (χ0v) is 10.7. The minimum Gasteiger partial charge on any atom is -0.478 e. The molecule has 0 radical (unpaired) electrons. The highest BCUT2D eigenvalue weighted by atomic mass is 16.4. The molecule has 1 aliphatic carbocycles. The fraction of sp³-hybridized carbons (Fsp3) is 0.500. The molecule has 0 amide bonds. The van der Waals surface area contributed by atoms with Crippen LogP contribution in [-0.4, -0.2) is 23.7 Å². The Morgan fingerprint density at radius 2 is 2.11 bits per heavy atom. The maximum atomic E-state index is 10.9. The minimum absolute atomic E-state index is 0.249. The molecular formula is C14H20N2O2. The van der Waals surface area contributed by atoms with Crippen molar-refractivity contribution in [3.05, 3.63) is 23.8 Å². The van der Waals surface area contributed by atoms with Gasteiger partial charge in [0.2, 0.25) is 0 Å². The average molecular weight is 248 g/mol. The van der Waals surface area contributed by atoms with Crippen LogP contribution in [0.3, 0.4) is 0 Å². The van der Waals surface area contributed by atoms with Gasteiger partial charge in [0.1, 0.15) is 0 Å². The van der Waals surface area contributed by atoms with E-state index in [1.165, 1.54) is 25.7 Å². The Labute approximate surface area is 107 Å². The first-order valence-corrected chi connectivity index (χ1v) is 6.53. The molecule has 0 saturated heterocycles. The number of hydrogen-bond acceptors (Lipinski definition) is 3. The van der Waals surface area contributed by atoms with Crippen molar-refractivity contribution in [1.82, 2.24) is 0 Å². The van der Waals surface area contributed by atoms with Gasteiger partial charge in [0.05, 0.1) is 16.9 Å². The summed E-state index contributed by atoms with van der Waals surface area (Å²) in [4.78, 5) is 13.2. The highest BCUT2D eigenvalue weighted by Crippen LogP contribution is 2.32. The van der Waals surface area contributed by atoms with Crippen LogP contribution in [0, 0.1) is 0 Å². The normalized spacial score (nSPS) is 15.8. The average Bonchev–Trinajstić information content (AvgIpc) is 2.85. The van der Waals surface area contributed by atoms with E-state index in [9.17, 15) is 4.79 Å². The first-order chi connectivity index (χ1) is 8.63. The van der Waals surface area contributed by atoms with Crippen molar-refractivity contribution in [2.45, 2.75) is 38.6 Å². The molecule has 0 atom stereocenters. The summed E-state index contributed by atoms with van der Waals surface area (Å²) in [6.45, 7) is 3.02. The van der Waals surface area contributed by atoms with E-state index in [4.69, 9.17) is 10.8 Å². The van der Waals surface area contributed by atoms with Gasteiger partial charge >= 0.3 is 5.97 Å². The molecule has 2 rings (SSSR count). The number of rotatable bonds is 4. The second-order valence-electron chi connectivity index (χ2n) is 4.80. The predicted octanol–water partition coefficient (Wildman–Crippen LogP) is 2.74. The second-order valence-corrected chi connectivity index (χ2v) is 4.80. The number of carboxylic acids is 1. The maximum absolute atomic E-state index is 10.9. The number of hydrogen-bond donors (Lipinski definition) is 2. The van der Waals surface area contributed by atoms with E-state index in [0.29, 0.717) is 11.7 Å². The van der Waals surface area contributed by atoms with Crippen molar-refractivity contribution in [3.63, 3.8) is 0 Å². The molecule has 4 nitrogen and oxygen atoms in total. The van der Waals surface area contributed by atoms with E-state index in [1.807, 2.05) is 6.07 Å². The lowest BCUT2D eigenvalue weighted by atomic mass is 10.1. The molecule has 0 aliphatic heterocycles. The van der Waals surface area contributed by atoms with Crippen molar-refractivity contribution in [3.8, 4) is 0 Å². The van der Waals surface area contributed by atoms with Crippen molar-refractivity contribution >= 4 is 17.3 Å². The number of nitrogens with two attached hydrogens (primary N) is 1. The zero-order chi connectivity index (χ0) is 13.1. The number of nitrogens with zero attached hydrogens (tertiary/aromatic N) is 1. The van der Waals surface area contributed by atoms with Crippen LogP contribution >= 0.6 is 0 Å². The summed E-state index contributed by atoms with van der Waals surface area (Å²) in [6, 6.07) is 5.56. The van der Waals surface area contributed by atoms with Gasteiger partial charge in [-0.2, -0.15) is 0 Å². The number of carboxylic acid groups (broad SMARTS) is 1. The molecule has 1 aromatic carbocycles. The first-order valence-electron chi connectivity index (χ1n) is 6.53. The molecule has 1 saturated carbocycles. The fourth-order valence-corrected chi connectivity index (χ4v) is 2.79. The van der Waals surface area contributed by atoms with Gasteiger partial charge in [-0.25, -0.2) is 4.79 Å². The number of benzene rings is 1. The Morgan fingerprint density at radius 3 is 2.61 bits per heavy atom. The molecule has 0 heterocycles. The van der Waals surface area contributed by atoms with Crippen molar-refractivity contribution in [1.29, 1.82) is 0 Å². The van der Waals surface area contributed by atoms with Crippen LogP contribution in [0.25, 0.3) is 0 Å². The molecule has 0 spiro atoms. The maximum Gasteiger partial charge on any atom is 0.335 e. The van der Waals surface area contributed by atoms with Gasteiger partial charge in [-0.1, -0.05) is 12.8 Å². The number of nitrogen functional groups attached to an aromatic ring is 1. The largest absolute Gasteiger partial charge is 0.478 e. The van der Waals surface area contributed by atoms with Crippen LogP contribution in [0.5, 0.6) is 0 Å². The Bertz CT molecular complexity index is 439. The van der Waals surface area contributed by atoms with Gasteiger partial charge in [-0.3, -0.25) is 0 Å². The Morgan fingerprint density at radius 1 is 1.44 bits per heavy atom. The Kier molecular flexibility index (Phi) is 3.75. The Hall–Kier alpha value is -1.71. The van der Waals surface area contributed by atoms with Gasteiger partial charge < -0.3 is 15.7 Å². The molecule has 1 fully saturated rings. The smallest absolute Gasteiger partial charge is 0.335 e.